The number of hydrogen-bond donors (Lipinski definition) is 2. The van der Waals surface area contributed by atoms with Crippen molar-refractivity contribution in [1.82, 2.24) is 5.32 Å². The summed E-state index contributed by atoms with van der Waals surface area (Å²) in [5.74, 6) is -3.18. The molecule has 2 unspecified atom stereocenters. The molecule has 2 aliphatic rings. The van der Waals surface area contributed by atoms with Crippen LogP contribution >= 0.6 is 0 Å². The van der Waals surface area contributed by atoms with Crippen molar-refractivity contribution in [3.05, 3.63) is 41.5 Å². The maximum Gasteiger partial charge on any atom is 0.420 e. The first-order chi connectivity index (χ1) is 17.1. The smallest absolute Gasteiger partial charge is 0.420 e. The van der Waals surface area contributed by atoms with Crippen LogP contribution in [0.25, 0.3) is 10.8 Å². The molecule has 4 nitrogen and oxygen atoms in total. The Labute approximate surface area is 211 Å². The maximum atomic E-state index is 14.3. The quantitative estimate of drug-likeness (QED) is 0.379. The largest absolute Gasteiger partial charge is 0.490 e. The number of benzene rings is 2. The SMILES string of the molecule is C[C@H](NC1CC(C(=O)O)C1(C)C)c1ccc2ccc(OC3CCC(C(F)(F)F)CC3)c(C(F)(F)F)c2c1. The Hall–Kier alpha value is -2.49. The molecule has 2 fully saturated rings. The molecule has 4 rings (SSSR count). The number of nitrogens with one attached hydrogen (secondary N) is 1. The molecule has 0 amide bonds. The minimum atomic E-state index is -4.74. The van der Waals surface area contributed by atoms with Gasteiger partial charge in [-0.15, -0.1) is 0 Å². The highest BCUT2D eigenvalue weighted by atomic mass is 19.4. The van der Waals surface area contributed by atoms with Gasteiger partial charge in [0.2, 0.25) is 0 Å². The van der Waals surface area contributed by atoms with E-state index in [1.165, 1.54) is 18.2 Å². The predicted octanol–water partition coefficient (Wildman–Crippen LogP) is 7.51. The van der Waals surface area contributed by atoms with Crippen molar-refractivity contribution < 1.29 is 41.0 Å². The summed E-state index contributed by atoms with van der Waals surface area (Å²) in [7, 11) is 0. The maximum absolute atomic E-state index is 14.3. The molecule has 204 valence electrons. The lowest BCUT2D eigenvalue weighted by atomic mass is 9.58. The highest BCUT2D eigenvalue weighted by Crippen LogP contribution is 2.48. The van der Waals surface area contributed by atoms with Crippen LogP contribution in [0.2, 0.25) is 0 Å². The fourth-order valence-corrected chi connectivity index (χ4v) is 5.69. The summed E-state index contributed by atoms with van der Waals surface area (Å²) >= 11 is 0. The molecule has 0 aliphatic heterocycles. The van der Waals surface area contributed by atoms with Crippen LogP contribution in [-0.4, -0.2) is 29.4 Å². The Morgan fingerprint density at radius 1 is 1.05 bits per heavy atom. The number of fused-ring (bicyclic) bond motifs is 1. The number of ether oxygens (including phenoxy) is 1. The third-order valence-electron chi connectivity index (χ3n) is 8.24. The van der Waals surface area contributed by atoms with Gasteiger partial charge in [-0.1, -0.05) is 32.0 Å². The topological polar surface area (TPSA) is 58.6 Å². The summed E-state index contributed by atoms with van der Waals surface area (Å²) < 4.78 is 87.4. The second-order valence-corrected chi connectivity index (χ2v) is 10.9. The molecule has 2 N–H and O–H groups in total. The van der Waals surface area contributed by atoms with E-state index in [4.69, 9.17) is 4.74 Å². The third kappa shape index (κ3) is 5.54. The van der Waals surface area contributed by atoms with E-state index < -0.39 is 47.2 Å². The summed E-state index contributed by atoms with van der Waals surface area (Å²) in [6.45, 7) is 5.53. The van der Waals surface area contributed by atoms with Crippen LogP contribution in [0.15, 0.2) is 30.3 Å². The van der Waals surface area contributed by atoms with Gasteiger partial charge in [-0.3, -0.25) is 4.79 Å². The zero-order chi connectivity index (χ0) is 27.3. The van der Waals surface area contributed by atoms with Gasteiger partial charge < -0.3 is 15.2 Å². The molecule has 2 aromatic carbocycles. The van der Waals surface area contributed by atoms with Gasteiger partial charge in [0.1, 0.15) is 11.3 Å². The van der Waals surface area contributed by atoms with Crippen molar-refractivity contribution in [1.29, 1.82) is 0 Å². The lowest BCUT2D eigenvalue weighted by molar-refractivity contribution is -0.185. The fraction of sp³-hybridized carbons (Fsp3) is 0.593. The van der Waals surface area contributed by atoms with Crippen molar-refractivity contribution in [2.24, 2.45) is 17.3 Å². The van der Waals surface area contributed by atoms with E-state index in [9.17, 15) is 36.2 Å². The van der Waals surface area contributed by atoms with Gasteiger partial charge in [0, 0.05) is 12.1 Å². The van der Waals surface area contributed by atoms with Gasteiger partial charge in [0.05, 0.1) is 17.9 Å². The molecule has 2 aromatic rings. The number of alkyl halides is 6. The number of halogens is 6. The Balaban J connectivity index is 1.58. The lowest BCUT2D eigenvalue weighted by Gasteiger charge is -2.51. The first-order valence-corrected chi connectivity index (χ1v) is 12.4. The molecule has 2 saturated carbocycles. The van der Waals surface area contributed by atoms with Gasteiger partial charge in [-0.2, -0.15) is 26.3 Å². The summed E-state index contributed by atoms with van der Waals surface area (Å²) in [4.78, 5) is 11.4. The molecule has 0 radical (unpaired) electrons. The highest BCUT2D eigenvalue weighted by molar-refractivity contribution is 5.89. The number of hydrogen-bond acceptors (Lipinski definition) is 3. The van der Waals surface area contributed by atoms with Crippen molar-refractivity contribution in [3.8, 4) is 5.75 Å². The van der Waals surface area contributed by atoms with Crippen molar-refractivity contribution in [3.63, 3.8) is 0 Å². The van der Waals surface area contributed by atoms with Crippen LogP contribution in [0.1, 0.15) is 70.0 Å². The van der Waals surface area contributed by atoms with E-state index in [0.29, 0.717) is 17.4 Å². The summed E-state index contributed by atoms with van der Waals surface area (Å²) in [6, 6.07) is 7.11. The molecule has 0 heterocycles. The van der Waals surface area contributed by atoms with Gasteiger partial charge in [-0.05, 0) is 72.9 Å². The molecular formula is C27H31F6NO3. The molecule has 10 heteroatoms. The Kier molecular flexibility index (Phi) is 7.20. The highest BCUT2D eigenvalue weighted by Gasteiger charge is 2.52. The Bertz CT molecular complexity index is 1150. The van der Waals surface area contributed by atoms with Gasteiger partial charge in [-0.25, -0.2) is 0 Å². The standard InChI is InChI=1S/C27H31F6NO3/c1-14(34-22-13-20(24(35)36)25(22,2)3)16-5-4-15-6-11-21(23(19(15)12-16)27(31,32)33)37-18-9-7-17(8-10-18)26(28,29)30/h4-6,11-12,14,17-18,20,22,34H,7-10,13H2,1-3H3,(H,35,36)/t14-,17?,18?,20?,22?/m0/s1. The summed E-state index contributed by atoms with van der Waals surface area (Å²) in [5, 5.41) is 13.0. The second-order valence-electron chi connectivity index (χ2n) is 10.9. The van der Waals surface area contributed by atoms with E-state index in [1.54, 1.807) is 12.1 Å². The number of rotatable bonds is 6. The monoisotopic (exact) mass is 531 g/mol. The van der Waals surface area contributed by atoms with Crippen LogP contribution in [0.4, 0.5) is 26.3 Å². The van der Waals surface area contributed by atoms with Crippen LogP contribution < -0.4 is 10.1 Å². The molecular weight excluding hydrogens is 500 g/mol. The summed E-state index contributed by atoms with van der Waals surface area (Å²) in [5.41, 5.74) is -0.831. The molecule has 37 heavy (non-hydrogen) atoms. The van der Waals surface area contributed by atoms with E-state index in [2.05, 4.69) is 5.32 Å². The van der Waals surface area contributed by atoms with Crippen molar-refractivity contribution in [2.45, 2.75) is 83.4 Å². The molecule has 0 spiro atoms. The molecule has 0 aromatic heterocycles. The number of carboxylic acid groups (broad SMARTS) is 1. The van der Waals surface area contributed by atoms with Crippen molar-refractivity contribution in [2.75, 3.05) is 0 Å². The van der Waals surface area contributed by atoms with Gasteiger partial charge in [0.25, 0.3) is 0 Å². The van der Waals surface area contributed by atoms with E-state index in [-0.39, 0.29) is 48.9 Å². The number of carboxylic acids is 1. The Morgan fingerprint density at radius 3 is 2.22 bits per heavy atom. The molecule has 3 atom stereocenters. The fourth-order valence-electron chi connectivity index (χ4n) is 5.69. The first-order valence-electron chi connectivity index (χ1n) is 12.4. The molecule has 0 saturated heterocycles. The Morgan fingerprint density at radius 2 is 1.68 bits per heavy atom. The minimum Gasteiger partial charge on any atom is -0.490 e. The molecule has 0 bridgehead atoms. The van der Waals surface area contributed by atoms with Gasteiger partial charge in [0.15, 0.2) is 0 Å². The van der Waals surface area contributed by atoms with Crippen molar-refractivity contribution >= 4 is 16.7 Å². The van der Waals surface area contributed by atoms with Gasteiger partial charge >= 0.3 is 18.3 Å². The van der Waals surface area contributed by atoms with E-state index in [1.807, 2.05) is 20.8 Å². The first kappa shape index (κ1) is 27.5. The zero-order valence-electron chi connectivity index (χ0n) is 20.8. The van der Waals surface area contributed by atoms with E-state index >= 15 is 0 Å². The van der Waals surface area contributed by atoms with E-state index in [0.717, 1.165) is 0 Å². The van der Waals surface area contributed by atoms with Crippen LogP contribution in [0.3, 0.4) is 0 Å². The lowest BCUT2D eigenvalue weighted by Crippen LogP contribution is -2.59. The van der Waals surface area contributed by atoms with Crippen LogP contribution in [-0.2, 0) is 11.0 Å². The normalized spacial score (nSPS) is 26.9. The van der Waals surface area contributed by atoms with Crippen LogP contribution in [0, 0.1) is 17.3 Å². The average molecular weight is 532 g/mol. The molecule has 2 aliphatic carbocycles. The minimum absolute atomic E-state index is 0.0367. The predicted molar refractivity (Wildman–Crippen MR) is 126 cm³/mol. The third-order valence-corrected chi connectivity index (χ3v) is 8.24. The summed E-state index contributed by atoms with van der Waals surface area (Å²) in [6.07, 6.45) is -9.60. The zero-order valence-corrected chi connectivity index (χ0v) is 20.8. The average Bonchev–Trinajstić information content (AvgIpc) is 2.79. The number of aliphatic carboxylic acids is 1. The van der Waals surface area contributed by atoms with Crippen LogP contribution in [0.5, 0.6) is 5.75 Å². The second kappa shape index (κ2) is 9.67. The number of carbonyl (C=O) groups is 1.